The van der Waals surface area contributed by atoms with Crippen molar-refractivity contribution in [1.82, 2.24) is 0 Å². The van der Waals surface area contributed by atoms with Gasteiger partial charge in [-0.3, -0.25) is 0 Å². The highest BCUT2D eigenvalue weighted by Crippen LogP contribution is 2.07. The number of hydrogen-bond acceptors (Lipinski definition) is 2. The predicted octanol–water partition coefficient (Wildman–Crippen LogP) is 1.91. The third-order valence-corrected chi connectivity index (χ3v) is 5.22. The topological polar surface area (TPSA) is 18.5 Å². The summed E-state index contributed by atoms with van der Waals surface area (Å²) in [6, 6.07) is 9.98. The second kappa shape index (κ2) is 5.65. The van der Waals surface area contributed by atoms with E-state index in [1.54, 1.807) is 20.3 Å². The number of benzene rings is 1. The molecule has 0 saturated carbocycles. The molecule has 0 fully saturated rings. The van der Waals surface area contributed by atoms with Crippen molar-refractivity contribution in [2.24, 2.45) is 0 Å². The van der Waals surface area contributed by atoms with E-state index in [-0.39, 0.29) is 0 Å². The number of allylic oxidation sites excluding steroid dienone is 2. The van der Waals surface area contributed by atoms with Crippen LogP contribution in [0, 0.1) is 0 Å². The summed E-state index contributed by atoms with van der Waals surface area (Å²) in [5, 5.41) is 1.09. The molecule has 0 unspecified atom stereocenters. The van der Waals surface area contributed by atoms with Crippen LogP contribution in [0.3, 0.4) is 0 Å². The number of hydrogen-bond donors (Lipinski definition) is 0. The van der Waals surface area contributed by atoms with Crippen LogP contribution in [0.1, 0.15) is 0 Å². The van der Waals surface area contributed by atoms with E-state index in [4.69, 9.17) is 8.85 Å². The van der Waals surface area contributed by atoms with E-state index in [0.29, 0.717) is 0 Å². The van der Waals surface area contributed by atoms with Crippen LogP contribution in [0.2, 0.25) is 0 Å². The van der Waals surface area contributed by atoms with Crippen molar-refractivity contribution in [3.05, 3.63) is 54.8 Å². The average molecular weight is 220 g/mol. The minimum Gasteiger partial charge on any atom is -0.391 e. The standard InChI is InChI=1S/C12H16O2Si/c1-4-5-11-15(13-2,14-3)12-9-7-6-8-10-12/h4-11H,1H2,2-3H3. The molecule has 0 N–H and O–H groups in total. The maximum Gasteiger partial charge on any atom is 0.399 e. The van der Waals surface area contributed by atoms with Gasteiger partial charge in [-0.2, -0.15) is 0 Å². The van der Waals surface area contributed by atoms with Crippen molar-refractivity contribution >= 4 is 13.7 Å². The Balaban J connectivity index is 3.10. The molecule has 1 aromatic rings. The Morgan fingerprint density at radius 1 is 1.13 bits per heavy atom. The molecular formula is C12H16O2Si. The van der Waals surface area contributed by atoms with Crippen molar-refractivity contribution in [3.8, 4) is 0 Å². The zero-order chi connectivity index (χ0) is 11.1. The van der Waals surface area contributed by atoms with Gasteiger partial charge in [0.2, 0.25) is 0 Å². The molecule has 1 aromatic carbocycles. The lowest BCUT2D eigenvalue weighted by Gasteiger charge is -2.23. The monoisotopic (exact) mass is 220 g/mol. The van der Waals surface area contributed by atoms with E-state index < -0.39 is 8.56 Å². The fourth-order valence-electron chi connectivity index (χ4n) is 1.42. The Morgan fingerprint density at radius 2 is 1.73 bits per heavy atom. The first-order valence-electron chi connectivity index (χ1n) is 4.75. The van der Waals surface area contributed by atoms with Crippen LogP contribution in [0.4, 0.5) is 0 Å². The van der Waals surface area contributed by atoms with E-state index in [1.165, 1.54) is 0 Å². The maximum absolute atomic E-state index is 5.56. The van der Waals surface area contributed by atoms with Crippen molar-refractivity contribution < 1.29 is 8.85 Å². The summed E-state index contributed by atoms with van der Waals surface area (Å²) >= 11 is 0. The van der Waals surface area contributed by atoms with Crippen LogP contribution in [0.15, 0.2) is 54.8 Å². The molecule has 80 valence electrons. The molecule has 0 saturated heterocycles. The fraction of sp³-hybridized carbons (Fsp3) is 0.167. The van der Waals surface area contributed by atoms with Gasteiger partial charge < -0.3 is 8.85 Å². The summed E-state index contributed by atoms with van der Waals surface area (Å²) in [5.41, 5.74) is 1.97. The molecule has 2 nitrogen and oxygen atoms in total. The molecule has 15 heavy (non-hydrogen) atoms. The van der Waals surface area contributed by atoms with E-state index in [9.17, 15) is 0 Å². The Labute approximate surface area is 92.1 Å². The molecule has 1 rings (SSSR count). The van der Waals surface area contributed by atoms with Gasteiger partial charge in [-0.15, -0.1) is 0 Å². The lowest BCUT2D eigenvalue weighted by atomic mass is 10.4. The second-order valence-corrected chi connectivity index (χ2v) is 6.10. The summed E-state index contributed by atoms with van der Waals surface area (Å²) in [7, 11) is 0.961. The van der Waals surface area contributed by atoms with Crippen molar-refractivity contribution in [2.75, 3.05) is 14.2 Å². The third kappa shape index (κ3) is 2.65. The largest absolute Gasteiger partial charge is 0.399 e. The van der Waals surface area contributed by atoms with Gasteiger partial charge in [0, 0.05) is 14.2 Å². The molecule has 0 amide bonds. The van der Waals surface area contributed by atoms with Crippen LogP contribution >= 0.6 is 0 Å². The normalized spacial score (nSPS) is 11.9. The van der Waals surface area contributed by atoms with E-state index >= 15 is 0 Å². The lowest BCUT2D eigenvalue weighted by molar-refractivity contribution is 0.271. The molecule has 0 aliphatic rings. The highest BCUT2D eigenvalue weighted by molar-refractivity contribution is 6.85. The molecule has 3 heteroatoms. The summed E-state index contributed by atoms with van der Waals surface area (Å²) in [5.74, 6) is 0. The molecule has 0 aliphatic heterocycles. The van der Waals surface area contributed by atoms with Gasteiger partial charge >= 0.3 is 8.56 Å². The molecular weight excluding hydrogens is 204 g/mol. The van der Waals surface area contributed by atoms with Gasteiger partial charge in [0.15, 0.2) is 0 Å². The van der Waals surface area contributed by atoms with Gasteiger partial charge in [-0.1, -0.05) is 49.1 Å². The zero-order valence-electron chi connectivity index (χ0n) is 9.14. The zero-order valence-corrected chi connectivity index (χ0v) is 10.1. The van der Waals surface area contributed by atoms with Gasteiger partial charge in [-0.05, 0) is 10.9 Å². The minimum absolute atomic E-state index is 1.09. The summed E-state index contributed by atoms with van der Waals surface area (Å²) in [4.78, 5) is 0. The summed E-state index contributed by atoms with van der Waals surface area (Å²) in [6.45, 7) is 3.65. The van der Waals surface area contributed by atoms with Gasteiger partial charge in [-0.25, -0.2) is 0 Å². The van der Waals surface area contributed by atoms with Crippen LogP contribution in [-0.2, 0) is 8.85 Å². The van der Waals surface area contributed by atoms with Crippen molar-refractivity contribution in [3.63, 3.8) is 0 Å². The van der Waals surface area contributed by atoms with Gasteiger partial charge in [0.1, 0.15) is 0 Å². The predicted molar refractivity (Wildman–Crippen MR) is 65.2 cm³/mol. The van der Waals surface area contributed by atoms with Crippen LogP contribution in [0.25, 0.3) is 0 Å². The molecule has 0 spiro atoms. The molecule has 0 aliphatic carbocycles. The van der Waals surface area contributed by atoms with E-state index in [0.717, 1.165) is 5.19 Å². The Bertz CT molecular complexity index is 329. The number of rotatable bonds is 5. The van der Waals surface area contributed by atoms with Gasteiger partial charge in [0.05, 0.1) is 0 Å². The highest BCUT2D eigenvalue weighted by Gasteiger charge is 2.34. The minimum atomic E-state index is -2.39. The first kappa shape index (κ1) is 11.9. The third-order valence-electron chi connectivity index (χ3n) is 2.23. The lowest BCUT2D eigenvalue weighted by Crippen LogP contribution is -2.50. The fourth-order valence-corrected chi connectivity index (χ4v) is 3.57. The molecule has 0 aromatic heterocycles. The molecule has 0 bridgehead atoms. The van der Waals surface area contributed by atoms with E-state index in [2.05, 4.69) is 6.58 Å². The Morgan fingerprint density at radius 3 is 2.20 bits per heavy atom. The maximum atomic E-state index is 5.56. The average Bonchev–Trinajstić information content (AvgIpc) is 2.33. The van der Waals surface area contributed by atoms with Crippen molar-refractivity contribution in [1.29, 1.82) is 0 Å². The van der Waals surface area contributed by atoms with Crippen molar-refractivity contribution in [2.45, 2.75) is 0 Å². The molecule has 0 radical (unpaired) electrons. The summed E-state index contributed by atoms with van der Waals surface area (Å²) < 4.78 is 11.1. The van der Waals surface area contributed by atoms with Crippen LogP contribution < -0.4 is 5.19 Å². The second-order valence-electron chi connectivity index (χ2n) is 3.04. The first-order valence-corrected chi connectivity index (χ1v) is 6.64. The Kier molecular flexibility index (Phi) is 4.49. The van der Waals surface area contributed by atoms with Gasteiger partial charge in [0.25, 0.3) is 0 Å². The quantitative estimate of drug-likeness (QED) is 0.557. The SMILES string of the molecule is C=CC=C[Si](OC)(OC)c1ccccc1. The first-order chi connectivity index (χ1) is 7.29. The smallest absolute Gasteiger partial charge is 0.391 e. The molecule has 0 heterocycles. The summed E-state index contributed by atoms with van der Waals surface area (Å²) in [6.07, 6.45) is 3.59. The van der Waals surface area contributed by atoms with Crippen LogP contribution in [-0.4, -0.2) is 22.8 Å². The molecule has 0 atom stereocenters. The Hall–Kier alpha value is -1.16. The van der Waals surface area contributed by atoms with Crippen LogP contribution in [0.5, 0.6) is 0 Å². The van der Waals surface area contributed by atoms with E-state index in [1.807, 2.05) is 42.1 Å². The highest BCUT2D eigenvalue weighted by atomic mass is 28.4.